The zero-order chi connectivity index (χ0) is 15.8. The molecule has 2 aromatic carbocycles. The van der Waals surface area contributed by atoms with Crippen LogP contribution in [0.15, 0.2) is 60.7 Å². The normalized spacial score (nSPS) is 14.5. The van der Waals surface area contributed by atoms with E-state index in [1.807, 2.05) is 36.4 Å². The lowest BCUT2D eigenvalue weighted by atomic mass is 9.85. The number of benzene rings is 2. The highest BCUT2D eigenvalue weighted by molar-refractivity contribution is 5.37. The highest BCUT2D eigenvalue weighted by Crippen LogP contribution is 2.34. The van der Waals surface area contributed by atoms with Gasteiger partial charge in [-0.05, 0) is 17.5 Å². The third kappa shape index (κ3) is 3.76. The minimum atomic E-state index is -1.60. The molecule has 0 bridgehead atoms. The van der Waals surface area contributed by atoms with Crippen molar-refractivity contribution in [1.29, 1.82) is 0 Å². The lowest BCUT2D eigenvalue weighted by molar-refractivity contribution is -0.0383. The zero-order valence-corrected chi connectivity index (χ0v) is 12.9. The first-order chi connectivity index (χ1) is 10.7. The Morgan fingerprint density at radius 1 is 1.00 bits per heavy atom. The fourth-order valence-electron chi connectivity index (χ4n) is 2.33. The Kier molecular flexibility index (Phi) is 5.77. The highest BCUT2D eigenvalue weighted by Gasteiger charge is 2.36. The number of unbranched alkanes of at least 4 members (excludes halogenated alkanes) is 2. The maximum atomic E-state index is 11.1. The van der Waals surface area contributed by atoms with Crippen LogP contribution in [0.5, 0.6) is 0 Å². The van der Waals surface area contributed by atoms with Crippen LogP contribution >= 0.6 is 0 Å². The molecule has 2 rings (SSSR count). The number of hydrogen-bond donors (Lipinski definition) is 2. The average Bonchev–Trinajstić information content (AvgIpc) is 2.59. The summed E-state index contributed by atoms with van der Waals surface area (Å²) in [6.45, 7) is 2.10. The first kappa shape index (κ1) is 16.3. The van der Waals surface area contributed by atoms with Crippen LogP contribution in [0.1, 0.15) is 43.4 Å². The fourth-order valence-corrected chi connectivity index (χ4v) is 2.33. The Morgan fingerprint density at radius 3 is 2.18 bits per heavy atom. The summed E-state index contributed by atoms with van der Waals surface area (Å²) in [6, 6.07) is 18.3. The number of rotatable bonds is 5. The summed E-state index contributed by atoms with van der Waals surface area (Å²) in [7, 11) is 0. The largest absolute Gasteiger partial charge is 0.384 e. The van der Waals surface area contributed by atoms with E-state index in [9.17, 15) is 10.2 Å². The standard InChI is InChI=1S/C20H22O2/c1-2-3-4-11-16-20(22,18-14-9-6-10-15-18)19(21)17-12-7-5-8-13-17/h5-10,12-15,19,21-22H,2-4H2,1H3. The van der Waals surface area contributed by atoms with Crippen LogP contribution in [0.4, 0.5) is 0 Å². The molecular weight excluding hydrogens is 272 g/mol. The molecule has 2 heteroatoms. The number of hydrogen-bond acceptors (Lipinski definition) is 2. The van der Waals surface area contributed by atoms with Crippen LogP contribution in [0.2, 0.25) is 0 Å². The van der Waals surface area contributed by atoms with E-state index in [4.69, 9.17) is 0 Å². The second kappa shape index (κ2) is 7.79. The molecule has 2 N–H and O–H groups in total. The smallest absolute Gasteiger partial charge is 0.181 e. The van der Waals surface area contributed by atoms with Crippen molar-refractivity contribution in [3.8, 4) is 11.8 Å². The van der Waals surface area contributed by atoms with Gasteiger partial charge >= 0.3 is 0 Å². The van der Waals surface area contributed by atoms with Crippen molar-refractivity contribution < 1.29 is 10.2 Å². The monoisotopic (exact) mass is 294 g/mol. The molecule has 22 heavy (non-hydrogen) atoms. The molecule has 0 heterocycles. The molecule has 0 saturated carbocycles. The van der Waals surface area contributed by atoms with Gasteiger partial charge in [0.15, 0.2) is 5.60 Å². The van der Waals surface area contributed by atoms with Gasteiger partial charge in [-0.3, -0.25) is 0 Å². The predicted octanol–water partition coefficient (Wildman–Crippen LogP) is 3.80. The summed E-state index contributed by atoms with van der Waals surface area (Å²) in [5.74, 6) is 5.92. The molecule has 2 atom stereocenters. The Balaban J connectivity index is 2.38. The predicted molar refractivity (Wildman–Crippen MR) is 89.0 cm³/mol. The van der Waals surface area contributed by atoms with Gasteiger partial charge < -0.3 is 10.2 Å². The molecule has 0 saturated heterocycles. The molecule has 114 valence electrons. The van der Waals surface area contributed by atoms with Gasteiger partial charge in [-0.1, -0.05) is 85.8 Å². The molecule has 0 aliphatic heterocycles. The average molecular weight is 294 g/mol. The van der Waals surface area contributed by atoms with E-state index < -0.39 is 11.7 Å². The molecule has 0 aromatic heterocycles. The maximum Gasteiger partial charge on any atom is 0.181 e. The zero-order valence-electron chi connectivity index (χ0n) is 12.9. The molecule has 2 aromatic rings. The molecular formula is C20H22O2. The van der Waals surface area contributed by atoms with Crippen LogP contribution in [0, 0.1) is 11.8 Å². The van der Waals surface area contributed by atoms with Gasteiger partial charge in [0.1, 0.15) is 6.10 Å². The van der Waals surface area contributed by atoms with Crippen LogP contribution in [-0.2, 0) is 5.60 Å². The topological polar surface area (TPSA) is 40.5 Å². The van der Waals surface area contributed by atoms with Crippen molar-refractivity contribution in [2.24, 2.45) is 0 Å². The third-order valence-corrected chi connectivity index (χ3v) is 3.66. The van der Waals surface area contributed by atoms with Crippen molar-refractivity contribution in [1.82, 2.24) is 0 Å². The van der Waals surface area contributed by atoms with Crippen molar-refractivity contribution in [3.63, 3.8) is 0 Å². The number of aliphatic hydroxyl groups excluding tert-OH is 1. The van der Waals surface area contributed by atoms with E-state index in [0.29, 0.717) is 17.5 Å². The molecule has 0 fully saturated rings. The van der Waals surface area contributed by atoms with Crippen LogP contribution < -0.4 is 0 Å². The Morgan fingerprint density at radius 2 is 1.59 bits per heavy atom. The summed E-state index contributed by atoms with van der Waals surface area (Å²) in [5, 5.41) is 21.8. The second-order valence-corrected chi connectivity index (χ2v) is 5.35. The van der Waals surface area contributed by atoms with Crippen LogP contribution in [-0.4, -0.2) is 10.2 Å². The third-order valence-electron chi connectivity index (χ3n) is 3.66. The van der Waals surface area contributed by atoms with E-state index in [1.165, 1.54) is 0 Å². The van der Waals surface area contributed by atoms with Gasteiger partial charge in [0, 0.05) is 6.42 Å². The highest BCUT2D eigenvalue weighted by atomic mass is 16.3. The first-order valence-electron chi connectivity index (χ1n) is 7.69. The van der Waals surface area contributed by atoms with Gasteiger partial charge in [0.2, 0.25) is 0 Å². The quantitative estimate of drug-likeness (QED) is 0.650. The van der Waals surface area contributed by atoms with E-state index in [2.05, 4.69) is 18.8 Å². The van der Waals surface area contributed by atoms with Crippen LogP contribution in [0.3, 0.4) is 0 Å². The van der Waals surface area contributed by atoms with Gasteiger partial charge in [-0.25, -0.2) is 0 Å². The molecule has 0 amide bonds. The van der Waals surface area contributed by atoms with E-state index in [0.717, 1.165) is 12.8 Å². The fraction of sp³-hybridized carbons (Fsp3) is 0.300. The molecule has 0 aliphatic rings. The Bertz CT molecular complexity index is 625. The molecule has 2 nitrogen and oxygen atoms in total. The molecule has 0 spiro atoms. The summed E-state index contributed by atoms with van der Waals surface area (Å²) in [6.07, 6.45) is 1.66. The van der Waals surface area contributed by atoms with Crippen molar-refractivity contribution in [2.75, 3.05) is 0 Å². The van der Waals surface area contributed by atoms with Gasteiger partial charge in [-0.15, -0.1) is 0 Å². The van der Waals surface area contributed by atoms with Crippen molar-refractivity contribution in [2.45, 2.75) is 37.9 Å². The lowest BCUT2D eigenvalue weighted by Gasteiger charge is -2.29. The minimum Gasteiger partial charge on any atom is -0.384 e. The Labute approximate surface area is 132 Å². The van der Waals surface area contributed by atoms with E-state index >= 15 is 0 Å². The van der Waals surface area contributed by atoms with Gasteiger partial charge in [0.25, 0.3) is 0 Å². The van der Waals surface area contributed by atoms with E-state index in [-0.39, 0.29) is 0 Å². The lowest BCUT2D eigenvalue weighted by Crippen LogP contribution is -2.32. The van der Waals surface area contributed by atoms with Gasteiger partial charge in [0.05, 0.1) is 0 Å². The van der Waals surface area contributed by atoms with E-state index in [1.54, 1.807) is 24.3 Å². The summed E-state index contributed by atoms with van der Waals surface area (Å²) < 4.78 is 0. The molecule has 0 aliphatic carbocycles. The number of aliphatic hydroxyl groups is 2. The minimum absolute atomic E-state index is 0.607. The van der Waals surface area contributed by atoms with Crippen molar-refractivity contribution in [3.05, 3.63) is 71.8 Å². The summed E-state index contributed by atoms with van der Waals surface area (Å²) in [5.41, 5.74) is -0.343. The second-order valence-electron chi connectivity index (χ2n) is 5.35. The van der Waals surface area contributed by atoms with Crippen molar-refractivity contribution >= 4 is 0 Å². The summed E-state index contributed by atoms with van der Waals surface area (Å²) >= 11 is 0. The SMILES string of the molecule is CCCCC#CC(O)(c1ccccc1)C(O)c1ccccc1. The molecule has 2 unspecified atom stereocenters. The Hall–Kier alpha value is -2.08. The maximum absolute atomic E-state index is 11.1. The first-order valence-corrected chi connectivity index (χ1v) is 7.69. The van der Waals surface area contributed by atoms with Gasteiger partial charge in [-0.2, -0.15) is 0 Å². The molecule has 0 radical (unpaired) electrons. The summed E-state index contributed by atoms with van der Waals surface area (Å²) in [4.78, 5) is 0. The van der Waals surface area contributed by atoms with Crippen LogP contribution in [0.25, 0.3) is 0 Å².